The number of nitrogens with one attached hydrogen (secondary N) is 1. The Morgan fingerprint density at radius 3 is 2.68 bits per heavy atom. The molecule has 0 aliphatic heterocycles. The van der Waals surface area contributed by atoms with Gasteiger partial charge in [0, 0.05) is 11.8 Å². The molecule has 0 aliphatic rings. The highest BCUT2D eigenvalue weighted by atomic mass is 35.5. The van der Waals surface area contributed by atoms with Gasteiger partial charge in [0.1, 0.15) is 11.5 Å². The molecule has 2 aromatic rings. The van der Waals surface area contributed by atoms with E-state index in [2.05, 4.69) is 10.1 Å². The summed E-state index contributed by atoms with van der Waals surface area (Å²) in [5.41, 5.74) is 0.0820. The second-order valence-corrected chi connectivity index (χ2v) is 5.02. The van der Waals surface area contributed by atoms with E-state index in [0.29, 0.717) is 0 Å². The molecule has 0 unspecified atom stereocenters. The average Bonchev–Trinajstić information content (AvgIpc) is 2.55. The lowest BCUT2D eigenvalue weighted by Crippen LogP contribution is -2.20. The highest BCUT2D eigenvalue weighted by molar-refractivity contribution is 6.32. The highest BCUT2D eigenvalue weighted by Crippen LogP contribution is 2.29. The molecule has 0 fully saturated rings. The van der Waals surface area contributed by atoms with E-state index in [1.165, 1.54) is 42.5 Å². The second kappa shape index (κ2) is 8.25. The largest absolute Gasteiger partial charge is 0.484 e. The molecule has 0 atom stereocenters. The summed E-state index contributed by atoms with van der Waals surface area (Å²) in [5.74, 6) is -0.629. The summed E-state index contributed by atoms with van der Waals surface area (Å²) in [4.78, 5) is 21.9. The molecule has 0 bridgehead atoms. The van der Waals surface area contributed by atoms with Gasteiger partial charge >= 0.3 is 6.61 Å². The first-order valence-corrected chi connectivity index (χ1v) is 7.14. The second-order valence-electron chi connectivity index (χ2n) is 4.62. The fraction of sp³-hybridized carbons (Fsp3) is 0.133. The normalized spacial score (nSPS) is 10.4. The van der Waals surface area contributed by atoms with E-state index in [4.69, 9.17) is 16.3 Å². The summed E-state index contributed by atoms with van der Waals surface area (Å²) in [6.07, 6.45) is 0. The van der Waals surface area contributed by atoms with Crippen molar-refractivity contribution in [3.63, 3.8) is 0 Å². The molecule has 0 aromatic heterocycles. The molecule has 7 nitrogen and oxygen atoms in total. The van der Waals surface area contributed by atoms with Gasteiger partial charge in [0.25, 0.3) is 11.6 Å². The number of ether oxygens (including phenoxy) is 2. The number of alkyl halides is 2. The van der Waals surface area contributed by atoms with Crippen LogP contribution in [0.2, 0.25) is 5.02 Å². The molecule has 0 aliphatic carbocycles. The minimum absolute atomic E-state index is 0.0993. The van der Waals surface area contributed by atoms with Gasteiger partial charge in [0.2, 0.25) is 0 Å². The van der Waals surface area contributed by atoms with Crippen molar-refractivity contribution in [3.05, 3.63) is 57.6 Å². The maximum absolute atomic E-state index is 12.1. The van der Waals surface area contributed by atoms with Crippen LogP contribution < -0.4 is 14.8 Å². The van der Waals surface area contributed by atoms with Crippen molar-refractivity contribution in [2.24, 2.45) is 0 Å². The number of nitrogens with zero attached hydrogens (tertiary/aromatic N) is 1. The average molecular weight is 373 g/mol. The monoisotopic (exact) mass is 372 g/mol. The van der Waals surface area contributed by atoms with E-state index in [-0.39, 0.29) is 27.9 Å². The summed E-state index contributed by atoms with van der Waals surface area (Å²) in [6.45, 7) is -3.42. The molecule has 0 heterocycles. The maximum Gasteiger partial charge on any atom is 0.387 e. The number of amides is 1. The molecular weight excluding hydrogens is 362 g/mol. The minimum atomic E-state index is -3.01. The quantitative estimate of drug-likeness (QED) is 0.588. The lowest BCUT2D eigenvalue weighted by Gasteiger charge is -2.10. The van der Waals surface area contributed by atoms with Crippen LogP contribution in [0.15, 0.2) is 42.5 Å². The van der Waals surface area contributed by atoms with Crippen LogP contribution in [-0.2, 0) is 4.79 Å². The molecular formula is C15H11ClF2N2O5. The van der Waals surface area contributed by atoms with Crippen LogP contribution >= 0.6 is 11.6 Å². The number of nitro benzene ring substituents is 1. The van der Waals surface area contributed by atoms with Crippen molar-refractivity contribution in [2.75, 3.05) is 11.9 Å². The molecule has 132 valence electrons. The SMILES string of the molecule is O=C(COc1cccc([N+](=O)[O-])c1)Nc1ccc(OC(F)F)c(Cl)c1. The van der Waals surface area contributed by atoms with E-state index < -0.39 is 24.0 Å². The maximum atomic E-state index is 12.1. The van der Waals surface area contributed by atoms with Crippen molar-refractivity contribution in [1.29, 1.82) is 0 Å². The molecule has 0 saturated carbocycles. The van der Waals surface area contributed by atoms with Crippen molar-refractivity contribution in [1.82, 2.24) is 0 Å². The molecule has 2 rings (SSSR count). The number of carbonyl (C=O) groups is 1. The van der Waals surface area contributed by atoms with Crippen LogP contribution in [0.25, 0.3) is 0 Å². The summed E-state index contributed by atoms with van der Waals surface area (Å²) >= 11 is 5.77. The van der Waals surface area contributed by atoms with Crippen LogP contribution in [0.5, 0.6) is 11.5 Å². The lowest BCUT2D eigenvalue weighted by atomic mass is 10.3. The number of rotatable bonds is 7. The number of halogens is 3. The molecule has 1 N–H and O–H groups in total. The smallest absolute Gasteiger partial charge is 0.387 e. The van der Waals surface area contributed by atoms with Crippen molar-refractivity contribution < 1.29 is 28.0 Å². The third-order valence-corrected chi connectivity index (χ3v) is 3.13. The van der Waals surface area contributed by atoms with Gasteiger partial charge in [0.05, 0.1) is 16.0 Å². The Morgan fingerprint density at radius 1 is 1.28 bits per heavy atom. The predicted molar refractivity (Wildman–Crippen MR) is 85.3 cm³/mol. The van der Waals surface area contributed by atoms with Gasteiger partial charge in [-0.25, -0.2) is 0 Å². The topological polar surface area (TPSA) is 90.7 Å². The Labute approximate surface area is 145 Å². The lowest BCUT2D eigenvalue weighted by molar-refractivity contribution is -0.384. The van der Waals surface area contributed by atoms with E-state index in [1.807, 2.05) is 0 Å². The van der Waals surface area contributed by atoms with Crippen LogP contribution in [0, 0.1) is 10.1 Å². The number of nitro groups is 1. The van der Waals surface area contributed by atoms with E-state index in [0.717, 1.165) is 0 Å². The number of carbonyl (C=O) groups excluding carboxylic acids is 1. The zero-order valence-electron chi connectivity index (χ0n) is 12.4. The third kappa shape index (κ3) is 5.57. The first kappa shape index (κ1) is 18.4. The Hall–Kier alpha value is -2.94. The third-order valence-electron chi connectivity index (χ3n) is 2.83. The summed E-state index contributed by atoms with van der Waals surface area (Å²) in [7, 11) is 0. The fourth-order valence-corrected chi connectivity index (χ4v) is 2.03. The molecule has 0 radical (unpaired) electrons. The Kier molecular flexibility index (Phi) is 6.07. The van der Waals surface area contributed by atoms with E-state index >= 15 is 0 Å². The van der Waals surface area contributed by atoms with Gasteiger partial charge in [-0.3, -0.25) is 14.9 Å². The van der Waals surface area contributed by atoms with E-state index in [9.17, 15) is 23.7 Å². The fourth-order valence-electron chi connectivity index (χ4n) is 1.80. The number of anilines is 1. The van der Waals surface area contributed by atoms with Crippen LogP contribution in [0.4, 0.5) is 20.2 Å². The Morgan fingerprint density at radius 2 is 2.04 bits per heavy atom. The van der Waals surface area contributed by atoms with Crippen molar-refractivity contribution >= 4 is 28.9 Å². The molecule has 0 saturated heterocycles. The molecule has 1 amide bonds. The van der Waals surface area contributed by atoms with Gasteiger partial charge < -0.3 is 14.8 Å². The van der Waals surface area contributed by atoms with Crippen LogP contribution in [0.1, 0.15) is 0 Å². The molecule has 10 heteroatoms. The zero-order chi connectivity index (χ0) is 18.4. The first-order chi connectivity index (χ1) is 11.8. The summed E-state index contributed by atoms with van der Waals surface area (Å²) in [5, 5.41) is 13.0. The molecule has 2 aromatic carbocycles. The van der Waals surface area contributed by atoms with Gasteiger partial charge in [-0.2, -0.15) is 8.78 Å². The molecule has 0 spiro atoms. The standard InChI is InChI=1S/C15H11ClF2N2O5/c16-12-6-9(4-5-13(12)25-15(17)18)19-14(21)8-24-11-3-1-2-10(7-11)20(22)23/h1-7,15H,8H2,(H,19,21). The van der Waals surface area contributed by atoms with E-state index in [1.54, 1.807) is 0 Å². The van der Waals surface area contributed by atoms with Gasteiger partial charge in [-0.1, -0.05) is 17.7 Å². The number of benzene rings is 2. The molecule has 25 heavy (non-hydrogen) atoms. The number of hydrogen-bond acceptors (Lipinski definition) is 5. The van der Waals surface area contributed by atoms with Gasteiger partial charge in [-0.15, -0.1) is 0 Å². The van der Waals surface area contributed by atoms with Crippen LogP contribution in [0.3, 0.4) is 0 Å². The highest BCUT2D eigenvalue weighted by Gasteiger charge is 2.11. The predicted octanol–water partition coefficient (Wildman–Crippen LogP) is 3.87. The minimum Gasteiger partial charge on any atom is -0.484 e. The number of non-ortho nitro benzene ring substituents is 1. The van der Waals surface area contributed by atoms with Crippen molar-refractivity contribution in [3.8, 4) is 11.5 Å². The van der Waals surface area contributed by atoms with Gasteiger partial charge in [0.15, 0.2) is 6.61 Å². The zero-order valence-corrected chi connectivity index (χ0v) is 13.2. The Bertz CT molecular complexity index is 788. The summed E-state index contributed by atoms with van der Waals surface area (Å²) in [6, 6.07) is 9.12. The van der Waals surface area contributed by atoms with Crippen LogP contribution in [-0.4, -0.2) is 24.0 Å². The first-order valence-electron chi connectivity index (χ1n) is 6.76. The Balaban J connectivity index is 1.93. The summed E-state index contributed by atoms with van der Waals surface area (Å²) < 4.78 is 33.6. The number of hydrogen-bond donors (Lipinski definition) is 1. The van der Waals surface area contributed by atoms with Gasteiger partial charge in [-0.05, 0) is 24.3 Å². The van der Waals surface area contributed by atoms with Crippen molar-refractivity contribution in [2.45, 2.75) is 6.61 Å².